The monoisotopic (exact) mass is 223 g/mol. The van der Waals surface area contributed by atoms with Gasteiger partial charge >= 0.3 is 5.97 Å². The summed E-state index contributed by atoms with van der Waals surface area (Å²) in [5.74, 6) is -0.518. The first-order valence-corrected chi connectivity index (χ1v) is 4.86. The van der Waals surface area contributed by atoms with Gasteiger partial charge in [0, 0.05) is 0 Å². The van der Waals surface area contributed by atoms with Gasteiger partial charge in [-0.2, -0.15) is 5.26 Å². The van der Waals surface area contributed by atoms with Crippen molar-refractivity contribution in [2.75, 3.05) is 6.61 Å². The van der Waals surface area contributed by atoms with Gasteiger partial charge in [-0.25, -0.2) is 4.79 Å². The second-order valence-electron chi connectivity index (χ2n) is 2.95. The van der Waals surface area contributed by atoms with Crippen LogP contribution >= 0.6 is 11.6 Å². The molecule has 0 unspecified atom stereocenters. The summed E-state index contributed by atoms with van der Waals surface area (Å²) < 4.78 is 4.82. The van der Waals surface area contributed by atoms with E-state index in [1.54, 1.807) is 26.0 Å². The smallest absolute Gasteiger partial charge is 0.339 e. The Morgan fingerprint density at radius 1 is 1.60 bits per heavy atom. The second-order valence-corrected chi connectivity index (χ2v) is 3.33. The number of carbonyl (C=O) groups excluding carboxylic acids is 1. The van der Waals surface area contributed by atoms with Crippen LogP contribution in [0.4, 0.5) is 0 Å². The maximum atomic E-state index is 11.5. The normalized spacial score (nSPS) is 9.47. The molecule has 78 valence electrons. The van der Waals surface area contributed by atoms with Crippen molar-refractivity contribution in [1.82, 2.24) is 0 Å². The quantitative estimate of drug-likeness (QED) is 0.725. The average Bonchev–Trinajstić information content (AvgIpc) is 2.22. The van der Waals surface area contributed by atoms with E-state index in [4.69, 9.17) is 21.6 Å². The van der Waals surface area contributed by atoms with E-state index in [-0.39, 0.29) is 17.7 Å². The summed E-state index contributed by atoms with van der Waals surface area (Å²) in [5.41, 5.74) is 1.16. The lowest BCUT2D eigenvalue weighted by molar-refractivity contribution is 0.0526. The zero-order valence-corrected chi connectivity index (χ0v) is 9.26. The van der Waals surface area contributed by atoms with Crippen LogP contribution in [-0.2, 0) is 4.74 Å². The molecule has 0 bridgehead atoms. The number of hydrogen-bond donors (Lipinski definition) is 0. The van der Waals surface area contributed by atoms with E-state index in [2.05, 4.69) is 0 Å². The fourth-order valence-corrected chi connectivity index (χ4v) is 1.38. The Bertz CT molecular complexity index is 435. The van der Waals surface area contributed by atoms with Crippen LogP contribution in [0.1, 0.15) is 28.4 Å². The molecule has 0 heterocycles. The summed E-state index contributed by atoms with van der Waals surface area (Å²) in [6.45, 7) is 3.76. The molecule has 0 aliphatic heterocycles. The third-order valence-electron chi connectivity index (χ3n) is 1.94. The second kappa shape index (κ2) is 4.81. The first-order chi connectivity index (χ1) is 7.11. The van der Waals surface area contributed by atoms with Crippen LogP contribution in [0.5, 0.6) is 0 Å². The molecular formula is C11H10ClNO2. The Labute approximate surface area is 93.2 Å². The molecule has 0 atom stereocenters. The van der Waals surface area contributed by atoms with Gasteiger partial charge in [0.1, 0.15) is 6.07 Å². The van der Waals surface area contributed by atoms with Crippen molar-refractivity contribution in [3.05, 3.63) is 33.8 Å². The molecule has 3 nitrogen and oxygen atoms in total. The van der Waals surface area contributed by atoms with Crippen molar-refractivity contribution in [3.63, 3.8) is 0 Å². The van der Waals surface area contributed by atoms with E-state index in [1.165, 1.54) is 0 Å². The lowest BCUT2D eigenvalue weighted by atomic mass is 10.1. The minimum Gasteiger partial charge on any atom is -0.462 e. The lowest BCUT2D eigenvalue weighted by Crippen LogP contribution is -2.07. The lowest BCUT2D eigenvalue weighted by Gasteiger charge is -2.06. The minimum absolute atomic E-state index is 0.176. The molecule has 0 aromatic heterocycles. The summed E-state index contributed by atoms with van der Waals surface area (Å²) in [4.78, 5) is 11.5. The number of aryl methyl sites for hydroxylation is 1. The molecule has 4 heteroatoms. The molecular weight excluding hydrogens is 214 g/mol. The van der Waals surface area contributed by atoms with E-state index in [9.17, 15) is 4.79 Å². The first kappa shape index (κ1) is 11.5. The summed E-state index contributed by atoms with van der Waals surface area (Å²) in [6.07, 6.45) is 0. The molecule has 0 N–H and O–H groups in total. The van der Waals surface area contributed by atoms with Gasteiger partial charge in [0.15, 0.2) is 0 Å². The van der Waals surface area contributed by atoms with Crippen molar-refractivity contribution in [1.29, 1.82) is 5.26 Å². The number of benzene rings is 1. The van der Waals surface area contributed by atoms with Crippen LogP contribution in [0.2, 0.25) is 5.02 Å². The minimum atomic E-state index is -0.518. The van der Waals surface area contributed by atoms with E-state index < -0.39 is 5.97 Å². The van der Waals surface area contributed by atoms with Gasteiger partial charge in [0.25, 0.3) is 0 Å². The molecule has 0 aliphatic carbocycles. The molecule has 0 fully saturated rings. The van der Waals surface area contributed by atoms with Crippen LogP contribution in [0, 0.1) is 18.3 Å². The third kappa shape index (κ3) is 2.28. The Hall–Kier alpha value is -1.53. The standard InChI is InChI=1S/C11H10ClNO2/c1-3-15-11(14)8-5-4-7(2)10(12)9(8)6-13/h4-5H,3H2,1-2H3. The number of ether oxygens (including phenoxy) is 1. The van der Waals surface area contributed by atoms with E-state index in [0.717, 1.165) is 5.56 Å². The van der Waals surface area contributed by atoms with E-state index >= 15 is 0 Å². The zero-order valence-electron chi connectivity index (χ0n) is 8.50. The Kier molecular flexibility index (Phi) is 3.70. The Morgan fingerprint density at radius 3 is 2.80 bits per heavy atom. The highest BCUT2D eigenvalue weighted by Crippen LogP contribution is 2.23. The van der Waals surface area contributed by atoms with Crippen LogP contribution in [0.3, 0.4) is 0 Å². The van der Waals surface area contributed by atoms with Crippen LogP contribution in [-0.4, -0.2) is 12.6 Å². The highest BCUT2D eigenvalue weighted by atomic mass is 35.5. The zero-order chi connectivity index (χ0) is 11.4. The SMILES string of the molecule is CCOC(=O)c1ccc(C)c(Cl)c1C#N. The molecule has 0 spiro atoms. The van der Waals surface area contributed by atoms with Gasteiger partial charge in [0.05, 0.1) is 22.8 Å². The van der Waals surface area contributed by atoms with Gasteiger partial charge in [-0.15, -0.1) is 0 Å². The van der Waals surface area contributed by atoms with Gasteiger partial charge < -0.3 is 4.74 Å². The predicted octanol–water partition coefficient (Wildman–Crippen LogP) is 2.70. The highest BCUT2D eigenvalue weighted by molar-refractivity contribution is 6.33. The van der Waals surface area contributed by atoms with Crippen molar-refractivity contribution in [2.45, 2.75) is 13.8 Å². The van der Waals surface area contributed by atoms with Crippen LogP contribution < -0.4 is 0 Å². The van der Waals surface area contributed by atoms with E-state index in [1.807, 2.05) is 6.07 Å². The summed E-state index contributed by atoms with van der Waals surface area (Å²) in [6, 6.07) is 5.15. The average molecular weight is 224 g/mol. The predicted molar refractivity (Wildman–Crippen MR) is 56.9 cm³/mol. The van der Waals surface area contributed by atoms with Crippen molar-refractivity contribution < 1.29 is 9.53 Å². The third-order valence-corrected chi connectivity index (χ3v) is 2.43. The fourth-order valence-electron chi connectivity index (χ4n) is 1.17. The van der Waals surface area contributed by atoms with E-state index in [0.29, 0.717) is 5.02 Å². The topological polar surface area (TPSA) is 50.1 Å². The molecule has 1 aromatic rings. The van der Waals surface area contributed by atoms with Crippen molar-refractivity contribution >= 4 is 17.6 Å². The van der Waals surface area contributed by atoms with Gasteiger partial charge in [-0.3, -0.25) is 0 Å². The number of hydrogen-bond acceptors (Lipinski definition) is 3. The summed E-state index contributed by atoms with van der Waals surface area (Å²) >= 11 is 5.91. The van der Waals surface area contributed by atoms with Gasteiger partial charge in [0.2, 0.25) is 0 Å². The largest absolute Gasteiger partial charge is 0.462 e. The van der Waals surface area contributed by atoms with Crippen LogP contribution in [0.25, 0.3) is 0 Å². The molecule has 0 amide bonds. The molecule has 1 rings (SSSR count). The maximum absolute atomic E-state index is 11.5. The number of nitrogens with zero attached hydrogens (tertiary/aromatic N) is 1. The van der Waals surface area contributed by atoms with Gasteiger partial charge in [-0.05, 0) is 25.5 Å². The maximum Gasteiger partial charge on any atom is 0.339 e. The summed E-state index contributed by atoms with van der Waals surface area (Å²) in [5, 5.41) is 9.21. The first-order valence-electron chi connectivity index (χ1n) is 4.48. The summed E-state index contributed by atoms with van der Waals surface area (Å²) in [7, 11) is 0. The molecule has 0 aliphatic rings. The molecule has 0 saturated carbocycles. The molecule has 0 radical (unpaired) electrons. The van der Waals surface area contributed by atoms with Crippen molar-refractivity contribution in [3.8, 4) is 6.07 Å². The molecule has 15 heavy (non-hydrogen) atoms. The van der Waals surface area contributed by atoms with Crippen LogP contribution in [0.15, 0.2) is 12.1 Å². The van der Waals surface area contributed by atoms with Crippen molar-refractivity contribution in [2.24, 2.45) is 0 Å². The molecule has 0 saturated heterocycles. The Morgan fingerprint density at radius 2 is 2.27 bits per heavy atom. The highest BCUT2D eigenvalue weighted by Gasteiger charge is 2.16. The number of halogens is 1. The molecule has 1 aromatic carbocycles. The number of esters is 1. The Balaban J connectivity index is 3.26. The number of rotatable bonds is 2. The number of nitriles is 1. The van der Waals surface area contributed by atoms with Gasteiger partial charge in [-0.1, -0.05) is 17.7 Å². The fraction of sp³-hybridized carbons (Fsp3) is 0.273. The number of carbonyl (C=O) groups is 1.